The number of allylic oxidation sites excluding steroid dienone is 2. The van der Waals surface area contributed by atoms with E-state index >= 15 is 0 Å². The number of Topliss-reactive ketones (excluding diaryl/α,β-unsaturated/α-hetero) is 2. The first-order chi connectivity index (χ1) is 13.6. The normalized spacial score (nSPS) is 11.0. The van der Waals surface area contributed by atoms with Crippen molar-refractivity contribution < 1.29 is 14.4 Å². The number of ketones is 3. The fourth-order valence-corrected chi connectivity index (χ4v) is 2.76. The van der Waals surface area contributed by atoms with E-state index in [0.29, 0.717) is 22.4 Å². The van der Waals surface area contributed by atoms with Crippen molar-refractivity contribution in [1.29, 1.82) is 0 Å². The minimum atomic E-state index is -0.330. The largest absolute Gasteiger partial charge is 0.352 e. The molecule has 0 amide bonds. The number of hydrogen-bond acceptors (Lipinski definition) is 4. The molecule has 0 unspecified atom stereocenters. The van der Waals surface area contributed by atoms with E-state index in [0.717, 1.165) is 0 Å². The summed E-state index contributed by atoms with van der Waals surface area (Å²) in [7, 11) is 0. The van der Waals surface area contributed by atoms with E-state index in [1.807, 2.05) is 12.1 Å². The summed E-state index contributed by atoms with van der Waals surface area (Å²) in [6.45, 7) is 1.46. The van der Waals surface area contributed by atoms with Gasteiger partial charge in [0.15, 0.2) is 11.6 Å². The zero-order valence-electron chi connectivity index (χ0n) is 15.4. The van der Waals surface area contributed by atoms with Crippen LogP contribution in [0.5, 0.6) is 0 Å². The Hall–Kier alpha value is -3.79. The number of hydrogen-bond donors (Lipinski definition) is 1. The van der Waals surface area contributed by atoms with E-state index in [-0.39, 0.29) is 23.0 Å². The van der Waals surface area contributed by atoms with E-state index in [4.69, 9.17) is 0 Å². The van der Waals surface area contributed by atoms with Gasteiger partial charge in [0.25, 0.3) is 0 Å². The highest BCUT2D eigenvalue weighted by molar-refractivity contribution is 6.16. The van der Waals surface area contributed by atoms with Gasteiger partial charge in [-0.05, 0) is 19.1 Å². The summed E-state index contributed by atoms with van der Waals surface area (Å²) in [6.07, 6.45) is 1.28. The molecule has 0 saturated heterocycles. The lowest BCUT2D eigenvalue weighted by Gasteiger charge is -2.13. The molecular weight excluding hydrogens is 350 g/mol. The molecule has 0 aliphatic carbocycles. The lowest BCUT2D eigenvalue weighted by atomic mass is 10.0. The van der Waals surface area contributed by atoms with Crippen molar-refractivity contribution in [2.24, 2.45) is 0 Å². The first kappa shape index (κ1) is 19.0. The van der Waals surface area contributed by atoms with Gasteiger partial charge in [0, 0.05) is 28.5 Å². The molecule has 0 radical (unpaired) electrons. The number of para-hydroxylation sites is 1. The monoisotopic (exact) mass is 369 g/mol. The van der Waals surface area contributed by atoms with Crippen molar-refractivity contribution in [2.75, 3.05) is 5.32 Å². The molecule has 0 saturated carbocycles. The van der Waals surface area contributed by atoms with Gasteiger partial charge in [-0.1, -0.05) is 72.8 Å². The van der Waals surface area contributed by atoms with Crippen LogP contribution >= 0.6 is 0 Å². The fourth-order valence-electron chi connectivity index (χ4n) is 2.76. The third kappa shape index (κ3) is 4.48. The molecule has 0 aromatic heterocycles. The predicted octanol–water partition coefficient (Wildman–Crippen LogP) is 4.95. The maximum Gasteiger partial charge on any atom is 0.209 e. The first-order valence-electron chi connectivity index (χ1n) is 8.84. The zero-order chi connectivity index (χ0) is 19.9. The summed E-state index contributed by atoms with van der Waals surface area (Å²) in [6, 6.07) is 24.3. The van der Waals surface area contributed by atoms with E-state index < -0.39 is 0 Å². The Morgan fingerprint density at radius 3 is 1.86 bits per heavy atom. The van der Waals surface area contributed by atoms with Crippen LogP contribution in [-0.2, 0) is 0 Å². The Morgan fingerprint density at radius 2 is 1.25 bits per heavy atom. The minimum absolute atomic E-state index is 0.105. The van der Waals surface area contributed by atoms with Gasteiger partial charge in [-0.25, -0.2) is 0 Å². The van der Waals surface area contributed by atoms with Crippen LogP contribution in [0, 0.1) is 0 Å². The molecule has 0 bridgehead atoms. The van der Waals surface area contributed by atoms with Crippen LogP contribution in [0.15, 0.2) is 96.7 Å². The quantitative estimate of drug-likeness (QED) is 0.473. The van der Waals surface area contributed by atoms with E-state index in [1.165, 1.54) is 13.0 Å². The van der Waals surface area contributed by atoms with Crippen LogP contribution in [0.4, 0.5) is 5.69 Å². The lowest BCUT2D eigenvalue weighted by molar-refractivity contribution is 0.101. The van der Waals surface area contributed by atoms with Gasteiger partial charge in [0.05, 0.1) is 5.70 Å². The maximum absolute atomic E-state index is 13.0. The predicted molar refractivity (Wildman–Crippen MR) is 110 cm³/mol. The SMILES string of the molecule is CC(=O)c1ccccc1N/C(=C\C(=O)c1ccccc1)C(=O)c1ccccc1. The second-order valence-corrected chi connectivity index (χ2v) is 6.21. The van der Waals surface area contributed by atoms with Crippen LogP contribution in [0.25, 0.3) is 0 Å². The molecule has 3 aromatic rings. The Bertz CT molecular complexity index is 1040. The molecule has 28 heavy (non-hydrogen) atoms. The van der Waals surface area contributed by atoms with Gasteiger partial charge in [-0.3, -0.25) is 14.4 Å². The van der Waals surface area contributed by atoms with Crippen molar-refractivity contribution in [3.05, 3.63) is 113 Å². The highest BCUT2D eigenvalue weighted by atomic mass is 16.1. The molecule has 1 N–H and O–H groups in total. The van der Waals surface area contributed by atoms with Crippen molar-refractivity contribution >= 4 is 23.0 Å². The summed E-state index contributed by atoms with van der Waals surface area (Å²) in [5.74, 6) is -0.764. The van der Waals surface area contributed by atoms with Gasteiger partial charge >= 0.3 is 0 Å². The summed E-state index contributed by atoms with van der Waals surface area (Å²) in [5.41, 5.74) is 1.95. The van der Waals surface area contributed by atoms with Crippen LogP contribution in [0.3, 0.4) is 0 Å². The van der Waals surface area contributed by atoms with Gasteiger partial charge in [-0.15, -0.1) is 0 Å². The molecule has 0 aliphatic rings. The molecule has 4 heteroatoms. The molecule has 138 valence electrons. The van der Waals surface area contributed by atoms with E-state index in [2.05, 4.69) is 5.32 Å². The highest BCUT2D eigenvalue weighted by Crippen LogP contribution is 2.20. The topological polar surface area (TPSA) is 63.2 Å². The summed E-state index contributed by atoms with van der Waals surface area (Å²) >= 11 is 0. The average molecular weight is 369 g/mol. The third-order valence-electron chi connectivity index (χ3n) is 4.19. The number of benzene rings is 3. The Labute approximate surface area is 163 Å². The number of carbonyl (C=O) groups excluding carboxylic acids is 3. The van der Waals surface area contributed by atoms with Crippen LogP contribution < -0.4 is 5.32 Å². The molecule has 0 atom stereocenters. The van der Waals surface area contributed by atoms with Crippen molar-refractivity contribution in [3.63, 3.8) is 0 Å². The molecule has 0 heterocycles. The van der Waals surface area contributed by atoms with Gasteiger partial charge in [0.2, 0.25) is 5.78 Å². The van der Waals surface area contributed by atoms with E-state index in [1.54, 1.807) is 72.8 Å². The zero-order valence-corrected chi connectivity index (χ0v) is 15.4. The van der Waals surface area contributed by atoms with Crippen LogP contribution in [-0.4, -0.2) is 17.3 Å². The van der Waals surface area contributed by atoms with E-state index in [9.17, 15) is 14.4 Å². The molecule has 0 fully saturated rings. The van der Waals surface area contributed by atoms with Crippen LogP contribution in [0.1, 0.15) is 38.0 Å². The number of carbonyl (C=O) groups is 3. The molecule has 3 rings (SSSR count). The summed E-state index contributed by atoms with van der Waals surface area (Å²) < 4.78 is 0. The second-order valence-electron chi connectivity index (χ2n) is 6.21. The van der Waals surface area contributed by atoms with Crippen LogP contribution in [0.2, 0.25) is 0 Å². The second kappa shape index (κ2) is 8.73. The molecule has 0 aliphatic heterocycles. The Morgan fingerprint density at radius 1 is 0.714 bits per heavy atom. The smallest absolute Gasteiger partial charge is 0.209 e. The van der Waals surface area contributed by atoms with Gasteiger partial charge < -0.3 is 5.32 Å². The highest BCUT2D eigenvalue weighted by Gasteiger charge is 2.17. The number of anilines is 1. The molecule has 3 aromatic carbocycles. The third-order valence-corrected chi connectivity index (χ3v) is 4.19. The number of nitrogens with one attached hydrogen (secondary N) is 1. The standard InChI is InChI=1S/C24H19NO3/c1-17(26)20-14-8-9-15-21(20)25-22(24(28)19-12-6-3-7-13-19)16-23(27)18-10-4-2-5-11-18/h2-16,25H,1H3/b22-16-. The first-order valence-corrected chi connectivity index (χ1v) is 8.84. The Kier molecular flexibility index (Phi) is 5.92. The van der Waals surface area contributed by atoms with Gasteiger partial charge in [-0.2, -0.15) is 0 Å². The lowest BCUT2D eigenvalue weighted by Crippen LogP contribution is -2.15. The maximum atomic E-state index is 13.0. The molecule has 0 spiro atoms. The number of rotatable bonds is 7. The van der Waals surface area contributed by atoms with Gasteiger partial charge in [0.1, 0.15) is 0 Å². The summed E-state index contributed by atoms with van der Waals surface area (Å²) in [4.78, 5) is 37.6. The average Bonchev–Trinajstić information content (AvgIpc) is 2.74. The Balaban J connectivity index is 2.02. The van der Waals surface area contributed by atoms with Crippen molar-refractivity contribution in [2.45, 2.75) is 6.92 Å². The molecular formula is C24H19NO3. The molecule has 4 nitrogen and oxygen atoms in total. The summed E-state index contributed by atoms with van der Waals surface area (Å²) in [5, 5.41) is 3.00. The minimum Gasteiger partial charge on any atom is -0.352 e. The van der Waals surface area contributed by atoms with Crippen molar-refractivity contribution in [1.82, 2.24) is 0 Å². The fraction of sp³-hybridized carbons (Fsp3) is 0.0417. The van der Waals surface area contributed by atoms with Crippen molar-refractivity contribution in [3.8, 4) is 0 Å².